The van der Waals surface area contributed by atoms with Gasteiger partial charge in [0.15, 0.2) is 5.13 Å². The quantitative estimate of drug-likeness (QED) is 0.532. The Balaban J connectivity index is 1.32. The zero-order valence-electron chi connectivity index (χ0n) is 18.4. The number of anilines is 1. The molecule has 0 radical (unpaired) electrons. The van der Waals surface area contributed by atoms with Crippen molar-refractivity contribution < 1.29 is 17.7 Å². The third kappa shape index (κ3) is 4.48. The molecule has 1 aliphatic heterocycles. The molecule has 3 aromatic heterocycles. The highest BCUT2D eigenvalue weighted by Gasteiger charge is 2.35. The van der Waals surface area contributed by atoms with Crippen LogP contribution in [0.4, 0.5) is 5.13 Å². The van der Waals surface area contributed by atoms with Gasteiger partial charge in [0.05, 0.1) is 21.4 Å². The number of aromatic nitrogens is 3. The summed E-state index contributed by atoms with van der Waals surface area (Å²) in [5.41, 5.74) is 0.841. The summed E-state index contributed by atoms with van der Waals surface area (Å²) >= 11 is 2.71. The van der Waals surface area contributed by atoms with Gasteiger partial charge in [-0.2, -0.15) is 9.29 Å². The zero-order chi connectivity index (χ0) is 23.2. The second kappa shape index (κ2) is 8.90. The van der Waals surface area contributed by atoms with Crippen molar-refractivity contribution >= 4 is 43.7 Å². The number of nitrogens with one attached hydrogen (secondary N) is 1. The number of hydrogen-bond acceptors (Lipinski definition) is 9. The van der Waals surface area contributed by atoms with Crippen LogP contribution in [0.15, 0.2) is 20.9 Å². The lowest BCUT2D eigenvalue weighted by molar-refractivity contribution is -0.120. The molecule has 4 heterocycles. The van der Waals surface area contributed by atoms with Gasteiger partial charge in [-0.05, 0) is 45.6 Å². The molecular weight excluding hydrogens is 482 g/mol. The molecule has 2 fully saturated rings. The minimum atomic E-state index is -3.75. The molecular formula is C21H25N5O4S3. The van der Waals surface area contributed by atoms with Crippen LogP contribution in [0.1, 0.15) is 54.5 Å². The summed E-state index contributed by atoms with van der Waals surface area (Å²) in [6, 6.07) is 1.63. The Hall–Kier alpha value is -2.15. The molecule has 1 N–H and O–H groups in total. The first-order valence-corrected chi connectivity index (χ1v) is 14.1. The van der Waals surface area contributed by atoms with Crippen molar-refractivity contribution in [1.82, 2.24) is 19.4 Å². The predicted octanol–water partition coefficient (Wildman–Crippen LogP) is 4.18. The first kappa shape index (κ1) is 22.6. The van der Waals surface area contributed by atoms with E-state index in [2.05, 4.69) is 20.4 Å². The monoisotopic (exact) mass is 507 g/mol. The van der Waals surface area contributed by atoms with Gasteiger partial charge in [-0.3, -0.25) is 4.79 Å². The van der Waals surface area contributed by atoms with Crippen molar-refractivity contribution in [2.75, 3.05) is 18.4 Å². The third-order valence-electron chi connectivity index (χ3n) is 6.21. The topological polar surface area (TPSA) is 118 Å². The molecule has 176 valence electrons. The highest BCUT2D eigenvalue weighted by atomic mass is 32.2. The number of carbonyl (C=O) groups excluding carboxylic acids is 1. The molecule has 3 aromatic rings. The van der Waals surface area contributed by atoms with Crippen LogP contribution in [0.3, 0.4) is 0 Å². The first-order valence-electron chi connectivity index (χ1n) is 11.0. The molecule has 0 unspecified atom stereocenters. The van der Waals surface area contributed by atoms with E-state index in [-0.39, 0.29) is 17.3 Å². The van der Waals surface area contributed by atoms with E-state index in [0.29, 0.717) is 51.9 Å². The van der Waals surface area contributed by atoms with E-state index in [0.717, 1.165) is 18.5 Å². The number of nitrogens with zero attached hydrogens (tertiary/aromatic N) is 4. The Morgan fingerprint density at radius 2 is 2.03 bits per heavy atom. The molecule has 1 atom stereocenters. The molecule has 1 saturated heterocycles. The SMILES string of the molecule is Cc1csc(NC(=O)[C@@H]2CCCN(S(=O)(=O)c3cc(-c4noc(C5CCC5)n4)sc3C)C2)n1. The van der Waals surface area contributed by atoms with E-state index < -0.39 is 15.9 Å². The Kier molecular flexibility index (Phi) is 6.10. The Morgan fingerprint density at radius 1 is 1.21 bits per heavy atom. The fraction of sp³-hybridized carbons (Fsp3) is 0.524. The lowest BCUT2D eigenvalue weighted by atomic mass is 9.85. The summed E-state index contributed by atoms with van der Waals surface area (Å²) in [5.74, 6) is 0.772. The standard InChI is InChI=1S/C21H25N5O4S3/c1-12-11-31-21(22-12)24-19(27)15-7-4-8-26(10-15)33(28,29)17-9-16(32-13(17)2)18-23-20(30-25-18)14-5-3-6-14/h9,11,14-15H,3-8,10H2,1-2H3,(H,22,24,27)/t15-/m1/s1. The van der Waals surface area contributed by atoms with Gasteiger partial charge in [0.2, 0.25) is 27.6 Å². The molecule has 0 spiro atoms. The Morgan fingerprint density at radius 3 is 2.73 bits per heavy atom. The van der Waals surface area contributed by atoms with Crippen LogP contribution in [0, 0.1) is 19.8 Å². The summed E-state index contributed by atoms with van der Waals surface area (Å²) in [6.07, 6.45) is 4.54. The maximum absolute atomic E-state index is 13.5. The number of sulfonamides is 1. The number of piperidine rings is 1. The summed E-state index contributed by atoms with van der Waals surface area (Å²) in [5, 5.41) is 9.30. The average molecular weight is 508 g/mol. The second-order valence-corrected chi connectivity index (χ2v) is 12.6. The van der Waals surface area contributed by atoms with E-state index in [9.17, 15) is 13.2 Å². The lowest BCUT2D eigenvalue weighted by Crippen LogP contribution is -2.43. The van der Waals surface area contributed by atoms with Crippen LogP contribution in [-0.2, 0) is 14.8 Å². The smallest absolute Gasteiger partial charge is 0.244 e. The van der Waals surface area contributed by atoms with E-state index in [4.69, 9.17) is 4.52 Å². The van der Waals surface area contributed by atoms with Gasteiger partial charge in [0, 0.05) is 29.3 Å². The zero-order valence-corrected chi connectivity index (χ0v) is 20.9. The lowest BCUT2D eigenvalue weighted by Gasteiger charge is -2.31. The number of aryl methyl sites for hydroxylation is 2. The second-order valence-electron chi connectivity index (χ2n) is 8.60. The summed E-state index contributed by atoms with van der Waals surface area (Å²) in [7, 11) is -3.75. The molecule has 9 nitrogen and oxygen atoms in total. The normalized spacial score (nSPS) is 20.0. The Labute approximate surface area is 200 Å². The van der Waals surface area contributed by atoms with Crippen LogP contribution in [0.2, 0.25) is 0 Å². The van der Waals surface area contributed by atoms with Crippen LogP contribution < -0.4 is 5.32 Å². The van der Waals surface area contributed by atoms with Gasteiger partial charge >= 0.3 is 0 Å². The number of carbonyl (C=O) groups is 1. The van der Waals surface area contributed by atoms with Gasteiger partial charge in [-0.15, -0.1) is 22.7 Å². The van der Waals surface area contributed by atoms with Crippen molar-refractivity contribution in [3.05, 3.63) is 27.9 Å². The summed E-state index contributed by atoms with van der Waals surface area (Å²) < 4.78 is 33.8. The van der Waals surface area contributed by atoms with Crippen LogP contribution in [0.5, 0.6) is 0 Å². The number of thiophene rings is 1. The summed E-state index contributed by atoms with van der Waals surface area (Å²) in [6.45, 7) is 4.19. The largest absolute Gasteiger partial charge is 0.339 e. The molecule has 1 amide bonds. The van der Waals surface area contributed by atoms with Crippen LogP contribution in [0.25, 0.3) is 10.7 Å². The molecule has 0 aromatic carbocycles. The fourth-order valence-corrected chi connectivity index (χ4v) is 7.82. The van der Waals surface area contributed by atoms with Crippen molar-refractivity contribution in [1.29, 1.82) is 0 Å². The van der Waals surface area contributed by atoms with Crippen molar-refractivity contribution in [2.24, 2.45) is 5.92 Å². The van der Waals surface area contributed by atoms with Gasteiger partial charge in [-0.25, -0.2) is 13.4 Å². The molecule has 33 heavy (non-hydrogen) atoms. The van der Waals surface area contributed by atoms with E-state index in [1.165, 1.54) is 33.4 Å². The predicted molar refractivity (Wildman–Crippen MR) is 126 cm³/mol. The van der Waals surface area contributed by atoms with Crippen LogP contribution >= 0.6 is 22.7 Å². The molecule has 1 saturated carbocycles. The maximum Gasteiger partial charge on any atom is 0.244 e. The average Bonchev–Trinajstić information content (AvgIpc) is 3.47. The molecule has 1 aliphatic carbocycles. The molecule has 2 aliphatic rings. The fourth-order valence-electron chi connectivity index (χ4n) is 4.12. The molecule has 0 bridgehead atoms. The third-order valence-corrected chi connectivity index (χ3v) is 10.3. The number of hydrogen-bond donors (Lipinski definition) is 1. The highest BCUT2D eigenvalue weighted by Crippen LogP contribution is 2.38. The molecule has 5 rings (SSSR count). The molecule has 12 heteroatoms. The van der Waals surface area contributed by atoms with E-state index in [1.54, 1.807) is 13.0 Å². The Bertz CT molecular complexity index is 1270. The number of thiazole rings is 1. The maximum atomic E-state index is 13.5. The summed E-state index contributed by atoms with van der Waals surface area (Å²) in [4.78, 5) is 23.1. The minimum absolute atomic E-state index is 0.150. The van der Waals surface area contributed by atoms with Gasteiger partial charge < -0.3 is 9.84 Å². The van der Waals surface area contributed by atoms with Crippen molar-refractivity contribution in [3.63, 3.8) is 0 Å². The highest BCUT2D eigenvalue weighted by molar-refractivity contribution is 7.89. The minimum Gasteiger partial charge on any atom is -0.339 e. The van der Waals surface area contributed by atoms with Gasteiger partial charge in [0.1, 0.15) is 0 Å². The first-order chi connectivity index (χ1) is 15.8. The number of amides is 1. The van der Waals surface area contributed by atoms with Crippen molar-refractivity contribution in [3.8, 4) is 10.7 Å². The van der Waals surface area contributed by atoms with Gasteiger partial charge in [0.25, 0.3) is 0 Å². The van der Waals surface area contributed by atoms with Crippen LogP contribution in [-0.4, -0.2) is 46.8 Å². The van der Waals surface area contributed by atoms with Gasteiger partial charge in [-0.1, -0.05) is 11.6 Å². The number of rotatable bonds is 6. The van der Waals surface area contributed by atoms with Crippen molar-refractivity contribution in [2.45, 2.75) is 56.8 Å². The van der Waals surface area contributed by atoms with E-state index in [1.807, 2.05) is 12.3 Å². The van der Waals surface area contributed by atoms with E-state index >= 15 is 0 Å².